The number of aryl methyl sites for hydroxylation is 2. The van der Waals surface area contributed by atoms with Gasteiger partial charge in [-0.05, 0) is 51.2 Å². The first-order chi connectivity index (χ1) is 14.1. The summed E-state index contributed by atoms with van der Waals surface area (Å²) in [5, 5.41) is 8.29. The molecule has 2 aliphatic heterocycles. The highest BCUT2D eigenvalue weighted by atomic mass is 35.5. The fraction of sp³-hybridized carbons (Fsp3) is 0.565. The fourth-order valence-corrected chi connectivity index (χ4v) is 5.27. The number of carbonyl (C=O) groups excluding carboxylic acids is 1. The van der Waals surface area contributed by atoms with E-state index in [1.54, 1.807) is 0 Å². The van der Waals surface area contributed by atoms with Crippen molar-refractivity contribution in [2.75, 3.05) is 39.3 Å². The highest BCUT2D eigenvalue weighted by Gasteiger charge is 2.35. The summed E-state index contributed by atoms with van der Waals surface area (Å²) in [7, 11) is 0. The molecule has 30 heavy (non-hydrogen) atoms. The fourth-order valence-electron chi connectivity index (χ4n) is 5.27. The zero-order chi connectivity index (χ0) is 20.0. The Morgan fingerprint density at radius 1 is 1.13 bits per heavy atom. The maximum Gasteiger partial charge on any atom is 0.274 e. The molecule has 1 N–H and O–H groups in total. The van der Waals surface area contributed by atoms with Gasteiger partial charge < -0.3 is 10.2 Å². The minimum Gasteiger partial charge on any atom is -0.336 e. The normalized spacial score (nSPS) is 21.5. The molecule has 2 fully saturated rings. The van der Waals surface area contributed by atoms with Gasteiger partial charge in [0.1, 0.15) is 0 Å². The molecular weight excluding hydrogens is 398 g/mol. The molecule has 1 amide bonds. The number of nitrogens with zero attached hydrogens (tertiary/aromatic N) is 4. The minimum absolute atomic E-state index is 0. The molecule has 3 aliphatic rings. The molecule has 0 saturated carbocycles. The highest BCUT2D eigenvalue weighted by Crippen LogP contribution is 2.30. The van der Waals surface area contributed by atoms with Crippen molar-refractivity contribution >= 4 is 18.3 Å². The summed E-state index contributed by atoms with van der Waals surface area (Å²) in [6, 6.07) is 6.96. The van der Waals surface area contributed by atoms with Gasteiger partial charge in [0.05, 0.1) is 5.69 Å². The molecule has 0 spiro atoms. The number of nitrogens with one attached hydrogen (secondary N) is 1. The summed E-state index contributed by atoms with van der Waals surface area (Å²) < 4.78 is 2.05. The molecule has 3 heterocycles. The molecule has 2 aromatic rings. The molecule has 0 radical (unpaired) electrons. The molecule has 1 aromatic heterocycles. The number of hydrogen-bond donors (Lipinski definition) is 1. The van der Waals surface area contributed by atoms with Crippen molar-refractivity contribution < 1.29 is 4.79 Å². The van der Waals surface area contributed by atoms with Gasteiger partial charge in [-0.25, -0.2) is 4.68 Å². The summed E-state index contributed by atoms with van der Waals surface area (Å²) in [4.78, 5) is 18.0. The molecule has 5 rings (SSSR count). The molecule has 1 aliphatic carbocycles. The van der Waals surface area contributed by atoms with Crippen LogP contribution in [-0.2, 0) is 12.8 Å². The lowest BCUT2D eigenvalue weighted by Gasteiger charge is -2.32. The number of piperazine rings is 1. The monoisotopic (exact) mass is 429 g/mol. The Morgan fingerprint density at radius 3 is 2.70 bits per heavy atom. The van der Waals surface area contributed by atoms with E-state index in [2.05, 4.69) is 42.3 Å². The SMILES string of the molecule is Cc1ccc(-n2nc(C(=O)N3CCC(N4CCNCC4)C3)c3c2CCC3)c(C)c1.Cl. The Kier molecular flexibility index (Phi) is 6.19. The second kappa shape index (κ2) is 8.69. The largest absolute Gasteiger partial charge is 0.336 e. The van der Waals surface area contributed by atoms with Crippen molar-refractivity contribution in [1.29, 1.82) is 0 Å². The zero-order valence-corrected chi connectivity index (χ0v) is 18.8. The van der Waals surface area contributed by atoms with Gasteiger partial charge in [0.25, 0.3) is 5.91 Å². The number of hydrogen-bond acceptors (Lipinski definition) is 4. The smallest absolute Gasteiger partial charge is 0.274 e. The van der Waals surface area contributed by atoms with Crippen LogP contribution >= 0.6 is 12.4 Å². The molecule has 1 atom stereocenters. The van der Waals surface area contributed by atoms with Crippen molar-refractivity contribution in [3.63, 3.8) is 0 Å². The maximum absolute atomic E-state index is 13.4. The molecule has 1 aromatic carbocycles. The van der Waals surface area contributed by atoms with Crippen molar-refractivity contribution in [1.82, 2.24) is 24.9 Å². The Balaban J connectivity index is 0.00000218. The van der Waals surface area contributed by atoms with Gasteiger partial charge >= 0.3 is 0 Å². The predicted molar refractivity (Wildman–Crippen MR) is 121 cm³/mol. The van der Waals surface area contributed by atoms with Crippen LogP contribution in [0, 0.1) is 13.8 Å². The minimum atomic E-state index is 0. The topological polar surface area (TPSA) is 53.4 Å². The van der Waals surface area contributed by atoms with Crippen LogP contribution in [0.25, 0.3) is 5.69 Å². The molecule has 2 saturated heterocycles. The first kappa shape index (κ1) is 21.3. The maximum atomic E-state index is 13.4. The van der Waals surface area contributed by atoms with E-state index in [9.17, 15) is 4.79 Å². The third kappa shape index (κ3) is 3.77. The summed E-state index contributed by atoms with van der Waals surface area (Å²) in [5.74, 6) is 0.129. The third-order valence-corrected chi connectivity index (χ3v) is 6.83. The lowest BCUT2D eigenvalue weighted by Crippen LogP contribution is -2.49. The number of rotatable bonds is 3. The number of likely N-dealkylation sites (tertiary alicyclic amines) is 1. The zero-order valence-electron chi connectivity index (χ0n) is 18.0. The first-order valence-corrected chi connectivity index (χ1v) is 11.0. The van der Waals surface area contributed by atoms with Crippen LogP contribution in [0.2, 0.25) is 0 Å². The average molecular weight is 430 g/mol. The van der Waals surface area contributed by atoms with Gasteiger partial charge in [-0.1, -0.05) is 17.7 Å². The molecule has 0 bridgehead atoms. The second-order valence-corrected chi connectivity index (χ2v) is 8.81. The molecule has 7 heteroatoms. The second-order valence-electron chi connectivity index (χ2n) is 8.81. The van der Waals surface area contributed by atoms with E-state index in [1.165, 1.54) is 22.4 Å². The van der Waals surface area contributed by atoms with E-state index in [1.807, 2.05) is 9.58 Å². The van der Waals surface area contributed by atoms with E-state index in [-0.39, 0.29) is 18.3 Å². The summed E-state index contributed by atoms with van der Waals surface area (Å²) >= 11 is 0. The number of carbonyl (C=O) groups is 1. The van der Waals surface area contributed by atoms with Gasteiger partial charge in [-0.2, -0.15) is 5.10 Å². The number of halogens is 1. The van der Waals surface area contributed by atoms with Gasteiger partial charge in [-0.3, -0.25) is 9.69 Å². The quantitative estimate of drug-likeness (QED) is 0.814. The Bertz CT molecular complexity index is 934. The van der Waals surface area contributed by atoms with Gasteiger partial charge in [0.2, 0.25) is 0 Å². The van der Waals surface area contributed by atoms with Gasteiger partial charge in [0, 0.05) is 56.6 Å². The summed E-state index contributed by atoms with van der Waals surface area (Å²) in [6.45, 7) is 10.2. The molecular formula is C23H32ClN5O. The van der Waals surface area contributed by atoms with E-state index < -0.39 is 0 Å². The van der Waals surface area contributed by atoms with Crippen LogP contribution in [0.4, 0.5) is 0 Å². The summed E-state index contributed by atoms with van der Waals surface area (Å²) in [5.41, 5.74) is 6.67. The van der Waals surface area contributed by atoms with Gasteiger partial charge in [0.15, 0.2) is 5.69 Å². The molecule has 162 valence electrons. The van der Waals surface area contributed by atoms with Crippen LogP contribution in [0.3, 0.4) is 0 Å². The van der Waals surface area contributed by atoms with E-state index in [0.29, 0.717) is 11.7 Å². The average Bonchev–Trinajstić information content (AvgIpc) is 3.45. The number of benzene rings is 1. The molecule has 1 unspecified atom stereocenters. The van der Waals surface area contributed by atoms with Crippen LogP contribution < -0.4 is 5.32 Å². The van der Waals surface area contributed by atoms with Crippen LogP contribution in [0.1, 0.15) is 45.7 Å². The van der Waals surface area contributed by atoms with Crippen LogP contribution in [-0.4, -0.2) is 70.8 Å². The number of aromatic nitrogens is 2. The number of fused-ring (bicyclic) bond motifs is 1. The summed E-state index contributed by atoms with van der Waals surface area (Å²) in [6.07, 6.45) is 4.16. The van der Waals surface area contributed by atoms with E-state index >= 15 is 0 Å². The predicted octanol–water partition coefficient (Wildman–Crippen LogP) is 2.52. The Labute approximate surface area is 185 Å². The van der Waals surface area contributed by atoms with Crippen molar-refractivity contribution in [3.05, 3.63) is 46.3 Å². The highest BCUT2D eigenvalue weighted by molar-refractivity contribution is 5.94. The standard InChI is InChI=1S/C23H31N5O.ClH/c1-16-6-7-20(17(2)14-16)28-21-5-3-4-19(21)22(25-28)23(29)27-11-8-18(15-27)26-12-9-24-10-13-26;/h6-7,14,18,24H,3-5,8-13,15H2,1-2H3;1H. The lowest BCUT2D eigenvalue weighted by molar-refractivity contribution is 0.0766. The number of amides is 1. The van der Waals surface area contributed by atoms with Crippen molar-refractivity contribution in [2.24, 2.45) is 0 Å². The van der Waals surface area contributed by atoms with Crippen molar-refractivity contribution in [3.8, 4) is 5.69 Å². The van der Waals surface area contributed by atoms with Crippen LogP contribution in [0.15, 0.2) is 18.2 Å². The first-order valence-electron chi connectivity index (χ1n) is 11.0. The van der Waals surface area contributed by atoms with Gasteiger partial charge in [-0.15, -0.1) is 12.4 Å². The van der Waals surface area contributed by atoms with E-state index in [4.69, 9.17) is 5.10 Å². The van der Waals surface area contributed by atoms with E-state index in [0.717, 1.165) is 70.6 Å². The van der Waals surface area contributed by atoms with Crippen LogP contribution in [0.5, 0.6) is 0 Å². The van der Waals surface area contributed by atoms with Crippen molar-refractivity contribution in [2.45, 2.75) is 45.6 Å². The Hall–Kier alpha value is -1.89. The Morgan fingerprint density at radius 2 is 1.93 bits per heavy atom. The third-order valence-electron chi connectivity index (χ3n) is 6.83. The lowest BCUT2D eigenvalue weighted by atomic mass is 10.1. The molecule has 6 nitrogen and oxygen atoms in total.